The summed E-state index contributed by atoms with van der Waals surface area (Å²) in [5, 5.41) is 3.48. The third-order valence-corrected chi connectivity index (χ3v) is 6.75. The number of amides is 1. The molecule has 0 N–H and O–H groups in total. The Hall–Kier alpha value is -1.69. The highest BCUT2D eigenvalue weighted by Gasteiger charge is 2.30. The molecule has 2 fully saturated rings. The maximum absolute atomic E-state index is 12.7. The molecule has 2 aromatic heterocycles. The van der Waals surface area contributed by atoms with E-state index in [2.05, 4.69) is 34.0 Å². The van der Waals surface area contributed by atoms with E-state index in [4.69, 9.17) is 4.98 Å². The molecule has 1 aliphatic carbocycles. The van der Waals surface area contributed by atoms with Crippen molar-refractivity contribution >= 4 is 33.3 Å². The molecule has 3 heterocycles. The third kappa shape index (κ3) is 3.82. The zero-order chi connectivity index (χ0) is 19.0. The van der Waals surface area contributed by atoms with Crippen LogP contribution in [0, 0.1) is 18.8 Å². The van der Waals surface area contributed by atoms with Gasteiger partial charge < -0.3 is 9.80 Å². The van der Waals surface area contributed by atoms with Crippen molar-refractivity contribution in [3.63, 3.8) is 0 Å². The zero-order valence-electron chi connectivity index (χ0n) is 16.7. The summed E-state index contributed by atoms with van der Waals surface area (Å²) < 4.78 is 0. The number of hydrogen-bond donors (Lipinski definition) is 0. The van der Waals surface area contributed by atoms with Crippen LogP contribution < -0.4 is 4.90 Å². The molecule has 146 valence electrons. The first-order valence-corrected chi connectivity index (χ1v) is 11.2. The highest BCUT2D eigenvalue weighted by molar-refractivity contribution is 7.17. The fraction of sp³-hybridized carbons (Fsp3) is 0.667. The first kappa shape index (κ1) is 18.7. The summed E-state index contributed by atoms with van der Waals surface area (Å²) in [6, 6.07) is 0. The van der Waals surface area contributed by atoms with Crippen LogP contribution in [-0.4, -0.2) is 47.0 Å². The van der Waals surface area contributed by atoms with Crippen molar-refractivity contribution in [1.82, 2.24) is 14.9 Å². The molecule has 2 aliphatic rings. The molecule has 1 saturated carbocycles. The van der Waals surface area contributed by atoms with E-state index >= 15 is 0 Å². The Bertz CT molecular complexity index is 817. The molecule has 6 heteroatoms. The highest BCUT2D eigenvalue weighted by Crippen LogP contribution is 2.34. The predicted octanol–water partition coefficient (Wildman–Crippen LogP) is 4.04. The van der Waals surface area contributed by atoms with E-state index in [0.29, 0.717) is 11.8 Å². The average molecular weight is 387 g/mol. The first-order chi connectivity index (χ1) is 13.0. The molecule has 1 saturated heterocycles. The van der Waals surface area contributed by atoms with E-state index in [1.165, 1.54) is 23.8 Å². The van der Waals surface area contributed by atoms with Crippen LogP contribution in [0.3, 0.4) is 0 Å². The van der Waals surface area contributed by atoms with Gasteiger partial charge in [-0.1, -0.05) is 26.7 Å². The Labute approximate surface area is 165 Å². The number of thiophene rings is 1. The monoisotopic (exact) mass is 386 g/mol. The number of carbonyl (C=O) groups is 1. The number of piperazine rings is 1. The molecular formula is C21H30N4OS. The third-order valence-electron chi connectivity index (χ3n) is 5.83. The summed E-state index contributed by atoms with van der Waals surface area (Å²) in [4.78, 5) is 27.8. The second-order valence-electron chi connectivity index (χ2n) is 8.43. The van der Waals surface area contributed by atoms with Crippen LogP contribution in [0.1, 0.15) is 50.9 Å². The fourth-order valence-corrected chi connectivity index (χ4v) is 5.47. The van der Waals surface area contributed by atoms with E-state index in [1.807, 2.05) is 6.92 Å². The number of nitrogens with zero attached hydrogens (tertiary/aromatic N) is 4. The second kappa shape index (κ2) is 7.74. The van der Waals surface area contributed by atoms with Gasteiger partial charge in [0.15, 0.2) is 0 Å². The molecule has 0 atom stereocenters. The molecule has 0 radical (unpaired) electrons. The van der Waals surface area contributed by atoms with Gasteiger partial charge in [-0.05, 0) is 43.0 Å². The van der Waals surface area contributed by atoms with E-state index in [1.54, 1.807) is 11.3 Å². The SMILES string of the molecule is Cc1nc(N2CCN(C(=O)C3CCCC3)CC2)c2c(CC(C)C)csc2n1. The van der Waals surface area contributed by atoms with Crippen LogP contribution >= 0.6 is 11.3 Å². The number of aryl methyl sites for hydroxylation is 1. The van der Waals surface area contributed by atoms with Crippen LogP contribution in [-0.2, 0) is 11.2 Å². The van der Waals surface area contributed by atoms with Crippen LogP contribution in [0.25, 0.3) is 10.2 Å². The molecule has 5 nitrogen and oxygen atoms in total. The van der Waals surface area contributed by atoms with Crippen molar-refractivity contribution in [2.45, 2.75) is 52.9 Å². The Morgan fingerprint density at radius 2 is 1.89 bits per heavy atom. The summed E-state index contributed by atoms with van der Waals surface area (Å²) in [5.41, 5.74) is 1.37. The standard InChI is InChI=1S/C21H30N4OS/c1-14(2)12-17-13-27-20-18(17)19(22-15(3)23-20)24-8-10-25(11-9-24)21(26)16-6-4-5-7-16/h13-14,16H,4-12H2,1-3H3. The van der Waals surface area contributed by atoms with Crippen molar-refractivity contribution in [2.75, 3.05) is 31.1 Å². The lowest BCUT2D eigenvalue weighted by Crippen LogP contribution is -2.50. The minimum Gasteiger partial charge on any atom is -0.352 e. The number of fused-ring (bicyclic) bond motifs is 1. The lowest BCUT2D eigenvalue weighted by Gasteiger charge is -2.37. The summed E-state index contributed by atoms with van der Waals surface area (Å²) in [5.74, 6) is 3.17. The normalized spacial score (nSPS) is 18.8. The van der Waals surface area contributed by atoms with Crippen LogP contribution in [0.15, 0.2) is 5.38 Å². The Balaban J connectivity index is 1.54. The Morgan fingerprint density at radius 3 is 2.56 bits per heavy atom. The van der Waals surface area contributed by atoms with Gasteiger partial charge in [-0.25, -0.2) is 9.97 Å². The van der Waals surface area contributed by atoms with Crippen molar-refractivity contribution in [2.24, 2.45) is 11.8 Å². The van der Waals surface area contributed by atoms with E-state index in [-0.39, 0.29) is 5.92 Å². The largest absolute Gasteiger partial charge is 0.352 e. The van der Waals surface area contributed by atoms with E-state index in [0.717, 1.165) is 61.9 Å². The predicted molar refractivity (Wildman–Crippen MR) is 111 cm³/mol. The van der Waals surface area contributed by atoms with E-state index in [9.17, 15) is 4.79 Å². The minimum absolute atomic E-state index is 0.277. The van der Waals surface area contributed by atoms with Gasteiger partial charge in [-0.2, -0.15) is 0 Å². The summed E-state index contributed by atoms with van der Waals surface area (Å²) in [6.07, 6.45) is 5.65. The first-order valence-electron chi connectivity index (χ1n) is 10.3. The van der Waals surface area contributed by atoms with Crippen molar-refractivity contribution in [3.8, 4) is 0 Å². The van der Waals surface area contributed by atoms with Gasteiger partial charge in [0.25, 0.3) is 0 Å². The molecular weight excluding hydrogens is 356 g/mol. The molecule has 2 aromatic rings. The van der Waals surface area contributed by atoms with Crippen LogP contribution in [0.4, 0.5) is 5.82 Å². The summed E-state index contributed by atoms with van der Waals surface area (Å²) in [6.45, 7) is 9.83. The summed E-state index contributed by atoms with van der Waals surface area (Å²) in [7, 11) is 0. The molecule has 27 heavy (non-hydrogen) atoms. The molecule has 0 spiro atoms. The number of hydrogen-bond acceptors (Lipinski definition) is 5. The molecule has 1 amide bonds. The molecule has 0 aromatic carbocycles. The second-order valence-corrected chi connectivity index (χ2v) is 9.29. The maximum atomic E-state index is 12.7. The van der Waals surface area contributed by atoms with Crippen molar-refractivity contribution in [3.05, 3.63) is 16.8 Å². The molecule has 1 aliphatic heterocycles. The van der Waals surface area contributed by atoms with Gasteiger partial charge in [0.2, 0.25) is 5.91 Å². The topological polar surface area (TPSA) is 49.3 Å². The number of anilines is 1. The summed E-state index contributed by atoms with van der Waals surface area (Å²) >= 11 is 1.73. The minimum atomic E-state index is 0.277. The van der Waals surface area contributed by atoms with Gasteiger partial charge >= 0.3 is 0 Å². The number of rotatable bonds is 4. The highest BCUT2D eigenvalue weighted by atomic mass is 32.1. The molecule has 4 rings (SSSR count). The van der Waals surface area contributed by atoms with Crippen LogP contribution in [0.2, 0.25) is 0 Å². The lowest BCUT2D eigenvalue weighted by atomic mass is 10.0. The Kier molecular flexibility index (Phi) is 5.35. The van der Waals surface area contributed by atoms with Crippen molar-refractivity contribution in [1.29, 1.82) is 0 Å². The molecule has 0 bridgehead atoms. The lowest BCUT2D eigenvalue weighted by molar-refractivity contribution is -0.135. The average Bonchev–Trinajstić information content (AvgIpc) is 3.31. The molecule has 0 unspecified atom stereocenters. The van der Waals surface area contributed by atoms with Gasteiger partial charge in [0.05, 0.1) is 5.39 Å². The Morgan fingerprint density at radius 1 is 1.19 bits per heavy atom. The van der Waals surface area contributed by atoms with Crippen LogP contribution in [0.5, 0.6) is 0 Å². The number of carbonyl (C=O) groups excluding carboxylic acids is 1. The van der Waals surface area contributed by atoms with Gasteiger partial charge in [-0.3, -0.25) is 4.79 Å². The zero-order valence-corrected chi connectivity index (χ0v) is 17.5. The maximum Gasteiger partial charge on any atom is 0.225 e. The number of aromatic nitrogens is 2. The smallest absolute Gasteiger partial charge is 0.225 e. The van der Waals surface area contributed by atoms with Gasteiger partial charge in [0, 0.05) is 32.1 Å². The van der Waals surface area contributed by atoms with Gasteiger partial charge in [-0.15, -0.1) is 11.3 Å². The fourth-order valence-electron chi connectivity index (χ4n) is 4.47. The quantitative estimate of drug-likeness (QED) is 0.796. The van der Waals surface area contributed by atoms with E-state index < -0.39 is 0 Å². The van der Waals surface area contributed by atoms with Crippen molar-refractivity contribution < 1.29 is 4.79 Å². The van der Waals surface area contributed by atoms with Gasteiger partial charge in [0.1, 0.15) is 16.5 Å².